The van der Waals surface area contributed by atoms with E-state index in [4.69, 9.17) is 16.2 Å². The van der Waals surface area contributed by atoms with Crippen LogP contribution in [0.15, 0.2) is 24.3 Å². The number of anilines is 1. The molecule has 2 amide bonds. The number of fused-ring (bicyclic) bond motifs is 2. The second-order valence-electron chi connectivity index (χ2n) is 6.20. The lowest BCUT2D eigenvalue weighted by molar-refractivity contribution is -0.122. The zero-order valence-electron chi connectivity index (χ0n) is 12.3. The highest BCUT2D eigenvalue weighted by Crippen LogP contribution is 2.47. The first-order chi connectivity index (χ1) is 10.5. The summed E-state index contributed by atoms with van der Waals surface area (Å²) in [4.78, 5) is 23.1. The number of rotatable bonds is 5. The molecule has 0 aromatic heterocycles. The van der Waals surface area contributed by atoms with Crippen molar-refractivity contribution in [2.24, 2.45) is 29.2 Å². The van der Waals surface area contributed by atoms with Gasteiger partial charge in [0.05, 0.1) is 5.92 Å². The molecule has 1 aromatic carbocycles. The van der Waals surface area contributed by atoms with Crippen LogP contribution < -0.4 is 21.5 Å². The average molecular weight is 303 g/mol. The number of hydrogen-bond donors (Lipinski definition) is 3. The van der Waals surface area contributed by atoms with Crippen LogP contribution in [0.3, 0.4) is 0 Å². The van der Waals surface area contributed by atoms with Crippen LogP contribution in [0.1, 0.15) is 19.3 Å². The van der Waals surface area contributed by atoms with E-state index in [1.54, 1.807) is 24.3 Å². The Hall–Kier alpha value is -2.08. The number of ether oxygens (including phenoxy) is 1. The Kier molecular flexibility index (Phi) is 4.02. The summed E-state index contributed by atoms with van der Waals surface area (Å²) in [5, 5.41) is 2.93. The highest BCUT2D eigenvalue weighted by molar-refractivity contribution is 5.93. The van der Waals surface area contributed by atoms with Crippen molar-refractivity contribution < 1.29 is 14.3 Å². The fraction of sp³-hybridized carbons (Fsp3) is 0.500. The maximum Gasteiger partial charge on any atom is 0.255 e. The summed E-state index contributed by atoms with van der Waals surface area (Å²) >= 11 is 0. The fourth-order valence-corrected chi connectivity index (χ4v) is 3.74. The van der Waals surface area contributed by atoms with Gasteiger partial charge < -0.3 is 21.5 Å². The van der Waals surface area contributed by atoms with Gasteiger partial charge in [-0.1, -0.05) is 0 Å². The largest absolute Gasteiger partial charge is 0.484 e. The number of hydrogen-bond acceptors (Lipinski definition) is 4. The fourth-order valence-electron chi connectivity index (χ4n) is 3.74. The van der Waals surface area contributed by atoms with Gasteiger partial charge in [0.2, 0.25) is 5.91 Å². The molecule has 3 rings (SSSR count). The third-order valence-corrected chi connectivity index (χ3v) is 4.79. The average Bonchev–Trinajstić information content (AvgIpc) is 3.07. The van der Waals surface area contributed by atoms with E-state index in [1.807, 2.05) is 0 Å². The van der Waals surface area contributed by atoms with Crippen molar-refractivity contribution in [3.8, 4) is 5.75 Å². The van der Waals surface area contributed by atoms with Crippen molar-refractivity contribution >= 4 is 17.5 Å². The third kappa shape index (κ3) is 2.92. The van der Waals surface area contributed by atoms with Crippen molar-refractivity contribution in [1.82, 2.24) is 0 Å². The van der Waals surface area contributed by atoms with E-state index >= 15 is 0 Å². The van der Waals surface area contributed by atoms with Gasteiger partial charge in [-0.15, -0.1) is 0 Å². The molecule has 6 heteroatoms. The predicted molar refractivity (Wildman–Crippen MR) is 82.1 cm³/mol. The Balaban J connectivity index is 1.59. The first-order valence-corrected chi connectivity index (χ1v) is 7.62. The van der Waals surface area contributed by atoms with Crippen LogP contribution in [0.2, 0.25) is 0 Å². The van der Waals surface area contributed by atoms with Crippen LogP contribution in [-0.2, 0) is 9.59 Å². The molecule has 6 nitrogen and oxygen atoms in total. The standard InChI is InChI=1S/C16H21N3O3/c17-13(20)8-22-12-5-3-11(4-6-12)19-16(21)14-9-1-2-10(7-9)15(14)18/h3-6,9-10,14-15H,1-2,7-8,18H2,(H2,17,20)(H,19,21). The molecule has 4 unspecified atom stereocenters. The Bertz CT molecular complexity index is 571. The molecule has 2 aliphatic carbocycles. The van der Waals surface area contributed by atoms with E-state index in [9.17, 15) is 9.59 Å². The van der Waals surface area contributed by atoms with E-state index in [0.717, 1.165) is 19.3 Å². The Morgan fingerprint density at radius 1 is 1.18 bits per heavy atom. The normalized spacial score (nSPS) is 29.3. The molecular weight excluding hydrogens is 282 g/mol. The van der Waals surface area contributed by atoms with Gasteiger partial charge in [0.1, 0.15) is 5.75 Å². The minimum atomic E-state index is -0.525. The summed E-state index contributed by atoms with van der Waals surface area (Å²) in [6, 6.07) is 6.86. The minimum absolute atomic E-state index is 0.00510. The highest BCUT2D eigenvalue weighted by atomic mass is 16.5. The summed E-state index contributed by atoms with van der Waals surface area (Å²) in [7, 11) is 0. The lowest BCUT2D eigenvalue weighted by atomic mass is 9.84. The number of primary amides is 1. The lowest BCUT2D eigenvalue weighted by Gasteiger charge is -2.27. The molecule has 2 bridgehead atoms. The monoisotopic (exact) mass is 303 g/mol. The van der Waals surface area contributed by atoms with Crippen LogP contribution in [0.25, 0.3) is 0 Å². The number of carbonyl (C=O) groups is 2. The molecule has 1 aromatic rings. The van der Waals surface area contributed by atoms with Crippen molar-refractivity contribution in [3.63, 3.8) is 0 Å². The summed E-state index contributed by atoms with van der Waals surface area (Å²) in [5.74, 6) is 0.870. The second-order valence-corrected chi connectivity index (χ2v) is 6.20. The minimum Gasteiger partial charge on any atom is -0.484 e. The molecule has 0 aliphatic heterocycles. The zero-order valence-corrected chi connectivity index (χ0v) is 12.3. The number of nitrogens with one attached hydrogen (secondary N) is 1. The lowest BCUT2D eigenvalue weighted by Crippen LogP contribution is -2.42. The van der Waals surface area contributed by atoms with Gasteiger partial charge >= 0.3 is 0 Å². The van der Waals surface area contributed by atoms with Gasteiger partial charge in [0, 0.05) is 11.7 Å². The first-order valence-electron chi connectivity index (χ1n) is 7.62. The summed E-state index contributed by atoms with van der Waals surface area (Å²) in [6.07, 6.45) is 3.34. The quantitative estimate of drug-likeness (QED) is 0.750. The maximum absolute atomic E-state index is 12.4. The zero-order chi connectivity index (χ0) is 15.7. The SMILES string of the molecule is NC(=O)COc1ccc(NC(=O)C2C3CCC(C3)C2N)cc1. The highest BCUT2D eigenvalue weighted by Gasteiger charge is 2.49. The number of nitrogens with two attached hydrogens (primary N) is 2. The van der Waals surface area contributed by atoms with E-state index in [0.29, 0.717) is 23.3 Å². The molecule has 0 saturated heterocycles. The van der Waals surface area contributed by atoms with Crippen LogP contribution in [0, 0.1) is 17.8 Å². The molecule has 0 heterocycles. The first kappa shape index (κ1) is 14.8. The third-order valence-electron chi connectivity index (χ3n) is 4.79. The van der Waals surface area contributed by atoms with Gasteiger partial charge in [-0.05, 0) is 55.4 Å². The van der Waals surface area contributed by atoms with Crippen molar-refractivity contribution in [2.75, 3.05) is 11.9 Å². The number of amides is 2. The van der Waals surface area contributed by atoms with Gasteiger partial charge in [-0.3, -0.25) is 9.59 Å². The van der Waals surface area contributed by atoms with Gasteiger partial charge in [-0.2, -0.15) is 0 Å². The van der Waals surface area contributed by atoms with Gasteiger partial charge in [0.25, 0.3) is 5.91 Å². The summed E-state index contributed by atoms with van der Waals surface area (Å²) in [6.45, 7) is -0.161. The molecule has 22 heavy (non-hydrogen) atoms. The van der Waals surface area contributed by atoms with E-state index in [2.05, 4.69) is 5.32 Å². The van der Waals surface area contributed by atoms with Crippen molar-refractivity contribution in [3.05, 3.63) is 24.3 Å². The summed E-state index contributed by atoms with van der Waals surface area (Å²) in [5.41, 5.74) is 11.9. The van der Waals surface area contributed by atoms with Crippen LogP contribution in [0.4, 0.5) is 5.69 Å². The number of benzene rings is 1. The van der Waals surface area contributed by atoms with Crippen molar-refractivity contribution in [2.45, 2.75) is 25.3 Å². The van der Waals surface area contributed by atoms with Crippen LogP contribution >= 0.6 is 0 Å². The van der Waals surface area contributed by atoms with Crippen LogP contribution in [0.5, 0.6) is 5.75 Å². The smallest absolute Gasteiger partial charge is 0.255 e. The molecule has 5 N–H and O–H groups in total. The molecular formula is C16H21N3O3. The topological polar surface area (TPSA) is 107 Å². The molecule has 2 aliphatic rings. The second kappa shape index (κ2) is 5.96. The molecule has 2 fully saturated rings. The molecule has 4 atom stereocenters. The Morgan fingerprint density at radius 2 is 1.86 bits per heavy atom. The van der Waals surface area contributed by atoms with Crippen molar-refractivity contribution in [1.29, 1.82) is 0 Å². The predicted octanol–water partition coefficient (Wildman–Crippen LogP) is 0.863. The maximum atomic E-state index is 12.4. The van der Waals surface area contributed by atoms with Gasteiger partial charge in [0.15, 0.2) is 6.61 Å². The molecule has 0 spiro atoms. The molecule has 0 radical (unpaired) electrons. The van der Waals surface area contributed by atoms with E-state index in [-0.39, 0.29) is 24.5 Å². The molecule has 2 saturated carbocycles. The van der Waals surface area contributed by atoms with E-state index < -0.39 is 5.91 Å². The Labute approximate surface area is 129 Å². The van der Waals surface area contributed by atoms with Crippen LogP contribution in [-0.4, -0.2) is 24.5 Å². The Morgan fingerprint density at radius 3 is 2.45 bits per heavy atom. The molecule has 118 valence electrons. The van der Waals surface area contributed by atoms with Gasteiger partial charge in [-0.25, -0.2) is 0 Å². The summed E-state index contributed by atoms with van der Waals surface area (Å²) < 4.78 is 5.18. The number of carbonyl (C=O) groups excluding carboxylic acids is 2. The van der Waals surface area contributed by atoms with E-state index in [1.165, 1.54) is 0 Å².